The van der Waals surface area contributed by atoms with Gasteiger partial charge in [-0.2, -0.15) is 15.0 Å². The molecule has 0 saturated heterocycles. The molecule has 0 aliphatic rings. The van der Waals surface area contributed by atoms with E-state index in [9.17, 15) is 10.1 Å². The van der Waals surface area contributed by atoms with Crippen molar-refractivity contribution in [2.75, 3.05) is 30.4 Å². The number of nitrogens with one attached hydrogen (secondary N) is 1. The molecule has 1 amide bonds. The van der Waals surface area contributed by atoms with E-state index >= 15 is 0 Å². The molecule has 2 aromatic heterocycles. The molecule has 0 saturated carbocycles. The number of nitrogens with zero attached hydrogens (tertiary/aromatic N) is 8. The second kappa shape index (κ2) is 10.1. The molecule has 0 atom stereocenters. The van der Waals surface area contributed by atoms with Crippen molar-refractivity contribution in [3.8, 4) is 17.8 Å². The second-order valence-corrected chi connectivity index (χ2v) is 6.55. The van der Waals surface area contributed by atoms with Gasteiger partial charge in [0, 0.05) is 38.5 Å². The zero-order chi connectivity index (χ0) is 23.1. The van der Waals surface area contributed by atoms with Crippen molar-refractivity contribution in [2.24, 2.45) is 10.2 Å². The van der Waals surface area contributed by atoms with Gasteiger partial charge in [0.2, 0.25) is 5.91 Å². The van der Waals surface area contributed by atoms with Crippen LogP contribution in [0.4, 0.5) is 22.9 Å². The predicted octanol–water partition coefficient (Wildman–Crippen LogP) is 3.76. The van der Waals surface area contributed by atoms with E-state index in [1.165, 1.54) is 17.8 Å². The van der Waals surface area contributed by atoms with Crippen molar-refractivity contribution < 1.29 is 9.53 Å². The standard InChI is InChI=1S/C21H23N9O2/c1-5-29(6-2)18-10-16(26-14(3)31)17(11-19(18)32-4)27-28-20-15(12-22)13-25-30(20)21-23-8-7-9-24-21/h7-11,13H,5-6H2,1-4H3,(H,26,31)/b28-27+. The molecule has 0 fully saturated rings. The zero-order valence-corrected chi connectivity index (χ0v) is 18.3. The maximum Gasteiger partial charge on any atom is 0.252 e. The maximum atomic E-state index is 11.8. The van der Waals surface area contributed by atoms with Gasteiger partial charge in [-0.1, -0.05) is 0 Å². The lowest BCUT2D eigenvalue weighted by Gasteiger charge is -2.24. The molecular weight excluding hydrogens is 410 g/mol. The molecule has 3 aromatic rings. The van der Waals surface area contributed by atoms with Crippen LogP contribution in [0.2, 0.25) is 0 Å². The molecule has 1 aromatic carbocycles. The third-order valence-corrected chi connectivity index (χ3v) is 4.57. The summed E-state index contributed by atoms with van der Waals surface area (Å²) in [5, 5.41) is 24.9. The fourth-order valence-corrected chi connectivity index (χ4v) is 3.07. The molecule has 1 N–H and O–H groups in total. The number of amides is 1. The highest BCUT2D eigenvalue weighted by Gasteiger charge is 2.17. The average molecular weight is 433 g/mol. The van der Waals surface area contributed by atoms with Crippen molar-refractivity contribution in [3.05, 3.63) is 42.4 Å². The summed E-state index contributed by atoms with van der Waals surface area (Å²) < 4.78 is 6.88. The molecule has 0 aliphatic heterocycles. The van der Waals surface area contributed by atoms with Gasteiger partial charge in [0.25, 0.3) is 5.95 Å². The van der Waals surface area contributed by atoms with Crippen LogP contribution in [0.25, 0.3) is 5.95 Å². The summed E-state index contributed by atoms with van der Waals surface area (Å²) in [6, 6.07) is 7.19. The van der Waals surface area contributed by atoms with Crippen LogP contribution >= 0.6 is 0 Å². The Balaban J connectivity index is 2.12. The van der Waals surface area contributed by atoms with Crippen LogP contribution < -0.4 is 15.0 Å². The monoisotopic (exact) mass is 433 g/mol. The first-order chi connectivity index (χ1) is 15.5. The zero-order valence-electron chi connectivity index (χ0n) is 18.3. The van der Waals surface area contributed by atoms with Crippen LogP contribution in [-0.4, -0.2) is 45.9 Å². The first-order valence-corrected chi connectivity index (χ1v) is 9.94. The molecule has 3 rings (SSSR count). The Bertz CT molecular complexity index is 1160. The van der Waals surface area contributed by atoms with Gasteiger partial charge in [0.1, 0.15) is 23.1 Å². The first kappa shape index (κ1) is 22.4. The third-order valence-electron chi connectivity index (χ3n) is 4.57. The first-order valence-electron chi connectivity index (χ1n) is 9.94. The molecule has 11 heteroatoms. The highest BCUT2D eigenvalue weighted by atomic mass is 16.5. The molecular formula is C21H23N9O2. The molecule has 0 radical (unpaired) electrons. The van der Waals surface area contributed by atoms with Crippen LogP contribution in [0.5, 0.6) is 5.75 Å². The molecule has 0 bridgehead atoms. The van der Waals surface area contributed by atoms with Gasteiger partial charge in [-0.15, -0.1) is 10.2 Å². The largest absolute Gasteiger partial charge is 0.494 e. The molecule has 32 heavy (non-hydrogen) atoms. The summed E-state index contributed by atoms with van der Waals surface area (Å²) in [5.74, 6) is 0.744. The molecule has 164 valence electrons. The fraction of sp³-hybridized carbons (Fsp3) is 0.286. The molecule has 0 aliphatic carbocycles. The summed E-state index contributed by atoms with van der Waals surface area (Å²) in [7, 11) is 1.57. The summed E-state index contributed by atoms with van der Waals surface area (Å²) in [6.07, 6.45) is 4.48. The number of nitriles is 1. The van der Waals surface area contributed by atoms with Gasteiger partial charge in [0.15, 0.2) is 5.82 Å². The van der Waals surface area contributed by atoms with Gasteiger partial charge < -0.3 is 15.0 Å². The molecule has 11 nitrogen and oxygen atoms in total. The van der Waals surface area contributed by atoms with Gasteiger partial charge in [-0.25, -0.2) is 9.97 Å². The minimum Gasteiger partial charge on any atom is -0.494 e. The van der Waals surface area contributed by atoms with E-state index in [4.69, 9.17) is 4.74 Å². The van der Waals surface area contributed by atoms with E-state index in [2.05, 4.69) is 35.5 Å². The topological polar surface area (TPSA) is 134 Å². The fourth-order valence-electron chi connectivity index (χ4n) is 3.07. The van der Waals surface area contributed by atoms with Crippen molar-refractivity contribution in [2.45, 2.75) is 20.8 Å². The van der Waals surface area contributed by atoms with Crippen molar-refractivity contribution in [3.63, 3.8) is 0 Å². The van der Waals surface area contributed by atoms with E-state index in [0.29, 0.717) is 17.1 Å². The van der Waals surface area contributed by atoms with Crippen LogP contribution in [0.1, 0.15) is 26.3 Å². The minimum absolute atomic E-state index is 0.166. The number of anilines is 2. The van der Waals surface area contributed by atoms with Crippen LogP contribution in [0, 0.1) is 11.3 Å². The van der Waals surface area contributed by atoms with Crippen LogP contribution in [-0.2, 0) is 4.79 Å². The van der Waals surface area contributed by atoms with E-state index in [1.807, 2.05) is 19.9 Å². The van der Waals surface area contributed by atoms with E-state index in [1.54, 1.807) is 37.7 Å². The van der Waals surface area contributed by atoms with Crippen molar-refractivity contribution in [1.82, 2.24) is 19.7 Å². The SMILES string of the molecule is CCN(CC)c1cc(NC(C)=O)c(/N=N/c2c(C#N)cnn2-c2ncccn2)cc1OC. The summed E-state index contributed by atoms with van der Waals surface area (Å²) >= 11 is 0. The number of carbonyl (C=O) groups excluding carboxylic acids is 1. The van der Waals surface area contributed by atoms with Gasteiger partial charge in [0.05, 0.1) is 24.7 Å². The smallest absolute Gasteiger partial charge is 0.252 e. The summed E-state index contributed by atoms with van der Waals surface area (Å²) in [5.41, 5.74) is 1.85. The second-order valence-electron chi connectivity index (χ2n) is 6.55. The lowest BCUT2D eigenvalue weighted by Crippen LogP contribution is -2.22. The molecule has 0 unspecified atom stereocenters. The Labute approximate surface area is 185 Å². The number of ether oxygens (including phenoxy) is 1. The number of aromatic nitrogens is 4. The van der Waals surface area contributed by atoms with Crippen molar-refractivity contribution >= 4 is 28.8 Å². The Kier molecular flexibility index (Phi) is 7.07. The molecule has 0 spiro atoms. The normalized spacial score (nSPS) is 10.7. The van der Waals surface area contributed by atoms with E-state index in [-0.39, 0.29) is 23.2 Å². The Morgan fingerprint density at radius 3 is 2.56 bits per heavy atom. The Hall–Kier alpha value is -4.33. The predicted molar refractivity (Wildman–Crippen MR) is 119 cm³/mol. The Morgan fingerprint density at radius 1 is 1.25 bits per heavy atom. The Morgan fingerprint density at radius 2 is 1.97 bits per heavy atom. The highest BCUT2D eigenvalue weighted by Crippen LogP contribution is 2.39. The number of methoxy groups -OCH3 is 1. The summed E-state index contributed by atoms with van der Waals surface area (Å²) in [6.45, 7) is 7.00. The number of azo groups is 1. The number of hydrogen-bond acceptors (Lipinski definition) is 9. The highest BCUT2D eigenvalue weighted by molar-refractivity contribution is 5.93. The third kappa shape index (κ3) is 4.70. The lowest BCUT2D eigenvalue weighted by molar-refractivity contribution is -0.114. The van der Waals surface area contributed by atoms with Gasteiger partial charge in [-0.3, -0.25) is 4.79 Å². The van der Waals surface area contributed by atoms with Gasteiger partial charge >= 0.3 is 0 Å². The number of carbonyl (C=O) groups is 1. The van der Waals surface area contributed by atoms with E-state index < -0.39 is 0 Å². The van der Waals surface area contributed by atoms with Crippen molar-refractivity contribution in [1.29, 1.82) is 5.26 Å². The maximum absolute atomic E-state index is 11.8. The number of hydrogen-bond donors (Lipinski definition) is 1. The van der Waals surface area contributed by atoms with Crippen LogP contribution in [0.3, 0.4) is 0 Å². The quantitative estimate of drug-likeness (QED) is 0.535. The van der Waals surface area contributed by atoms with Crippen LogP contribution in [0.15, 0.2) is 47.0 Å². The van der Waals surface area contributed by atoms with Gasteiger partial charge in [-0.05, 0) is 26.0 Å². The average Bonchev–Trinajstić information content (AvgIpc) is 3.22. The summed E-state index contributed by atoms with van der Waals surface area (Å²) in [4.78, 5) is 22.2. The number of benzene rings is 1. The molecule has 2 heterocycles. The lowest BCUT2D eigenvalue weighted by atomic mass is 10.2. The van der Waals surface area contributed by atoms with E-state index in [0.717, 1.165) is 18.8 Å². The number of rotatable bonds is 8. The minimum atomic E-state index is -0.252.